The van der Waals surface area contributed by atoms with Crippen LogP contribution >= 0.6 is 11.6 Å². The molecule has 1 aliphatic rings. The summed E-state index contributed by atoms with van der Waals surface area (Å²) < 4.78 is 26.9. The lowest BCUT2D eigenvalue weighted by atomic mass is 9.95. The summed E-state index contributed by atoms with van der Waals surface area (Å²) in [6.45, 7) is 4.57. The highest BCUT2D eigenvalue weighted by Gasteiger charge is 2.34. The van der Waals surface area contributed by atoms with E-state index >= 15 is 0 Å². The Balaban J connectivity index is 2.38. The van der Waals surface area contributed by atoms with Crippen molar-refractivity contribution >= 4 is 21.6 Å². The third-order valence-corrected chi connectivity index (χ3v) is 6.22. The molecule has 0 bridgehead atoms. The van der Waals surface area contributed by atoms with Crippen molar-refractivity contribution in [3.63, 3.8) is 0 Å². The molecule has 4 nitrogen and oxygen atoms in total. The minimum atomic E-state index is -3.60. The monoisotopic (exact) mass is 312 g/mol. The summed E-state index contributed by atoms with van der Waals surface area (Å²) in [5.41, 5.74) is 0.356. The molecule has 1 saturated heterocycles. The topological polar surface area (TPSA) is 61.2 Å². The number of nitrogens with zero attached hydrogens (tertiary/aromatic N) is 2. The molecule has 1 aromatic rings. The molecule has 108 valence electrons. The maximum atomic E-state index is 12.7. The average molecular weight is 313 g/mol. The molecule has 0 amide bonds. The first kappa shape index (κ1) is 15.3. The molecule has 1 heterocycles. The summed E-state index contributed by atoms with van der Waals surface area (Å²) in [5, 5.41) is 8.91. The lowest BCUT2D eigenvalue weighted by Gasteiger charge is -2.35. The molecule has 0 spiro atoms. The Morgan fingerprint density at radius 3 is 2.65 bits per heavy atom. The number of halogens is 1. The third-order valence-electron chi connectivity index (χ3n) is 3.73. The Hall–Kier alpha value is -1.09. The van der Waals surface area contributed by atoms with Crippen molar-refractivity contribution in [3.8, 4) is 6.07 Å². The molecule has 2 unspecified atom stereocenters. The van der Waals surface area contributed by atoms with E-state index in [4.69, 9.17) is 16.9 Å². The van der Waals surface area contributed by atoms with Crippen LogP contribution in [0.3, 0.4) is 0 Å². The van der Waals surface area contributed by atoms with Gasteiger partial charge in [-0.2, -0.15) is 9.57 Å². The van der Waals surface area contributed by atoms with Crippen LogP contribution in [0.4, 0.5) is 0 Å². The van der Waals surface area contributed by atoms with Gasteiger partial charge in [0, 0.05) is 12.6 Å². The first-order valence-electron chi connectivity index (χ1n) is 6.57. The smallest absolute Gasteiger partial charge is 0.207 e. The second-order valence-electron chi connectivity index (χ2n) is 5.35. The highest BCUT2D eigenvalue weighted by Crippen LogP contribution is 2.31. The number of nitriles is 1. The van der Waals surface area contributed by atoms with E-state index in [1.807, 2.05) is 13.0 Å². The fraction of sp³-hybridized carbons (Fsp3) is 0.500. The van der Waals surface area contributed by atoms with Gasteiger partial charge in [0.05, 0.1) is 16.7 Å². The third kappa shape index (κ3) is 2.83. The SMILES string of the molecule is CC1CCN(S(=O)(=O)c2ccc(C#N)cc2Cl)C(C)C1. The van der Waals surface area contributed by atoms with E-state index < -0.39 is 10.0 Å². The number of benzene rings is 1. The van der Waals surface area contributed by atoms with Crippen LogP contribution in [0.15, 0.2) is 23.1 Å². The summed E-state index contributed by atoms with van der Waals surface area (Å²) in [4.78, 5) is 0.0829. The lowest BCUT2D eigenvalue weighted by molar-refractivity contribution is 0.220. The van der Waals surface area contributed by atoms with Gasteiger partial charge in [0.1, 0.15) is 4.90 Å². The summed E-state index contributed by atoms with van der Waals surface area (Å²) in [6, 6.07) is 6.21. The molecular weight excluding hydrogens is 296 g/mol. The second-order valence-corrected chi connectivity index (χ2v) is 7.62. The number of rotatable bonds is 2. The van der Waals surface area contributed by atoms with Crippen LogP contribution in [0.5, 0.6) is 0 Å². The van der Waals surface area contributed by atoms with Gasteiger partial charge in [0.15, 0.2) is 0 Å². The molecule has 2 rings (SSSR count). The van der Waals surface area contributed by atoms with Crippen molar-refractivity contribution in [3.05, 3.63) is 28.8 Å². The molecule has 1 fully saturated rings. The fourth-order valence-electron chi connectivity index (χ4n) is 2.65. The van der Waals surface area contributed by atoms with Gasteiger partial charge in [-0.3, -0.25) is 0 Å². The van der Waals surface area contributed by atoms with Gasteiger partial charge in [0.25, 0.3) is 0 Å². The highest BCUT2D eigenvalue weighted by molar-refractivity contribution is 7.89. The van der Waals surface area contributed by atoms with E-state index in [2.05, 4.69) is 6.92 Å². The van der Waals surface area contributed by atoms with Gasteiger partial charge in [-0.25, -0.2) is 8.42 Å². The first-order chi connectivity index (χ1) is 9.36. The zero-order chi connectivity index (χ0) is 14.9. The second kappa shape index (κ2) is 5.72. The normalized spacial score (nSPS) is 24.3. The Bertz CT molecular complexity index is 652. The predicted octanol–water partition coefficient (Wildman–Crippen LogP) is 3.02. The van der Waals surface area contributed by atoms with Gasteiger partial charge in [-0.1, -0.05) is 18.5 Å². The Morgan fingerprint density at radius 2 is 2.10 bits per heavy atom. The molecule has 0 radical (unpaired) electrons. The quantitative estimate of drug-likeness (QED) is 0.843. The van der Waals surface area contributed by atoms with Crippen molar-refractivity contribution in [2.45, 2.75) is 37.6 Å². The van der Waals surface area contributed by atoms with E-state index in [-0.39, 0.29) is 16.0 Å². The van der Waals surface area contributed by atoms with Crippen molar-refractivity contribution in [1.82, 2.24) is 4.31 Å². The molecule has 6 heteroatoms. The van der Waals surface area contributed by atoms with E-state index in [0.717, 1.165) is 12.8 Å². The largest absolute Gasteiger partial charge is 0.244 e. The lowest BCUT2D eigenvalue weighted by Crippen LogP contribution is -2.44. The zero-order valence-corrected chi connectivity index (χ0v) is 13.1. The first-order valence-corrected chi connectivity index (χ1v) is 8.39. The van der Waals surface area contributed by atoms with Gasteiger partial charge < -0.3 is 0 Å². The molecule has 0 N–H and O–H groups in total. The molecule has 20 heavy (non-hydrogen) atoms. The van der Waals surface area contributed by atoms with Crippen molar-refractivity contribution < 1.29 is 8.42 Å². The van der Waals surface area contributed by atoms with Crippen LogP contribution in [0, 0.1) is 17.2 Å². The summed E-state index contributed by atoms with van der Waals surface area (Å²) in [6.07, 6.45) is 1.71. The number of sulfonamides is 1. The van der Waals surface area contributed by atoms with E-state index in [9.17, 15) is 8.42 Å². The molecule has 1 aromatic carbocycles. The van der Waals surface area contributed by atoms with Crippen LogP contribution < -0.4 is 0 Å². The molecule has 0 aromatic heterocycles. The van der Waals surface area contributed by atoms with E-state index in [1.54, 1.807) is 0 Å². The number of hydrogen-bond donors (Lipinski definition) is 0. The van der Waals surface area contributed by atoms with Crippen molar-refractivity contribution in [2.24, 2.45) is 5.92 Å². The molecule has 2 atom stereocenters. The minimum absolute atomic E-state index is 0.0320. The van der Waals surface area contributed by atoms with Crippen LogP contribution in [0.1, 0.15) is 32.3 Å². The number of hydrogen-bond acceptors (Lipinski definition) is 3. The van der Waals surface area contributed by atoms with Crippen molar-refractivity contribution in [2.75, 3.05) is 6.54 Å². The molecular formula is C14H17ClN2O2S. The van der Waals surface area contributed by atoms with Crippen LogP contribution in [0.2, 0.25) is 5.02 Å². The van der Waals surface area contributed by atoms with Gasteiger partial charge in [0.2, 0.25) is 10.0 Å². The Morgan fingerprint density at radius 1 is 1.40 bits per heavy atom. The van der Waals surface area contributed by atoms with E-state index in [1.165, 1.54) is 22.5 Å². The molecule has 0 saturated carbocycles. The Kier molecular flexibility index (Phi) is 4.38. The van der Waals surface area contributed by atoms with Gasteiger partial charge >= 0.3 is 0 Å². The summed E-state index contributed by atoms with van der Waals surface area (Å²) >= 11 is 6.03. The Labute approximate surface area is 125 Å². The van der Waals surface area contributed by atoms with Crippen LogP contribution in [-0.2, 0) is 10.0 Å². The van der Waals surface area contributed by atoms with Gasteiger partial charge in [-0.15, -0.1) is 0 Å². The predicted molar refractivity (Wildman–Crippen MR) is 77.9 cm³/mol. The maximum Gasteiger partial charge on any atom is 0.244 e. The summed E-state index contributed by atoms with van der Waals surface area (Å²) in [7, 11) is -3.60. The van der Waals surface area contributed by atoms with Crippen LogP contribution in [-0.4, -0.2) is 25.3 Å². The molecule has 0 aliphatic carbocycles. The van der Waals surface area contributed by atoms with Gasteiger partial charge in [-0.05, 0) is 43.9 Å². The average Bonchev–Trinajstić information content (AvgIpc) is 2.37. The highest BCUT2D eigenvalue weighted by atomic mass is 35.5. The zero-order valence-electron chi connectivity index (χ0n) is 11.5. The van der Waals surface area contributed by atoms with Crippen molar-refractivity contribution in [1.29, 1.82) is 5.26 Å². The number of piperidine rings is 1. The summed E-state index contributed by atoms with van der Waals surface area (Å²) in [5.74, 6) is 0.535. The minimum Gasteiger partial charge on any atom is -0.207 e. The standard InChI is InChI=1S/C14H17ClN2O2S/c1-10-5-6-17(11(2)7-10)20(18,19)14-4-3-12(9-16)8-13(14)15/h3-4,8,10-11H,5-7H2,1-2H3. The maximum absolute atomic E-state index is 12.7. The fourth-order valence-corrected chi connectivity index (χ4v) is 4.83. The van der Waals surface area contributed by atoms with Crippen LogP contribution in [0.25, 0.3) is 0 Å². The van der Waals surface area contributed by atoms with E-state index in [0.29, 0.717) is 18.0 Å². The molecule has 1 aliphatic heterocycles.